The van der Waals surface area contributed by atoms with E-state index < -0.39 is 5.69 Å². The van der Waals surface area contributed by atoms with Crippen LogP contribution in [0.2, 0.25) is 0 Å². The summed E-state index contributed by atoms with van der Waals surface area (Å²) >= 11 is 0. The summed E-state index contributed by atoms with van der Waals surface area (Å²) in [6, 6.07) is 17.0. The molecule has 2 heterocycles. The Bertz CT molecular complexity index is 1170. The first-order valence-corrected chi connectivity index (χ1v) is 10.8. The van der Waals surface area contributed by atoms with Crippen LogP contribution in [0, 0.1) is 0 Å². The number of piperidine rings is 1. The van der Waals surface area contributed by atoms with E-state index >= 15 is 0 Å². The van der Waals surface area contributed by atoms with Crippen molar-refractivity contribution in [3.63, 3.8) is 0 Å². The van der Waals surface area contributed by atoms with Crippen LogP contribution in [-0.2, 0) is 16.1 Å². The van der Waals surface area contributed by atoms with E-state index in [0.29, 0.717) is 43.7 Å². The van der Waals surface area contributed by atoms with Crippen molar-refractivity contribution in [1.29, 1.82) is 0 Å². The Morgan fingerprint density at radius 3 is 2.47 bits per heavy atom. The molecule has 0 atom stereocenters. The number of nitrogens with one attached hydrogen (secondary N) is 1. The maximum Gasteiger partial charge on any atom is 0.409 e. The summed E-state index contributed by atoms with van der Waals surface area (Å²) < 4.78 is 6.43. The van der Waals surface area contributed by atoms with Crippen LogP contribution < -0.4 is 11.0 Å². The number of aromatic nitrogens is 2. The summed E-state index contributed by atoms with van der Waals surface area (Å²) in [6.45, 7) is 3.06. The molecule has 1 N–H and O–H groups in total. The molecule has 32 heavy (non-hydrogen) atoms. The minimum atomic E-state index is -0.463. The monoisotopic (exact) mass is 434 g/mol. The molecule has 2 aromatic carbocycles. The van der Waals surface area contributed by atoms with Gasteiger partial charge < -0.3 is 15.0 Å². The highest BCUT2D eigenvalue weighted by Gasteiger charge is 2.25. The molecular formula is C24H26N4O4. The maximum absolute atomic E-state index is 12.8. The minimum absolute atomic E-state index is 0.0494. The molecule has 3 aromatic rings. The summed E-state index contributed by atoms with van der Waals surface area (Å²) in [6.07, 6.45) is 0.969. The number of likely N-dealkylation sites (tertiary alicyclic amines) is 1. The predicted molar refractivity (Wildman–Crippen MR) is 121 cm³/mol. The van der Waals surface area contributed by atoms with Gasteiger partial charge in [-0.15, -0.1) is 0 Å². The number of carbonyl (C=O) groups excluding carboxylic acids is 2. The van der Waals surface area contributed by atoms with Gasteiger partial charge in [0, 0.05) is 30.1 Å². The van der Waals surface area contributed by atoms with Gasteiger partial charge in [0.05, 0.1) is 17.8 Å². The molecule has 166 valence electrons. The van der Waals surface area contributed by atoms with Gasteiger partial charge in [0.2, 0.25) is 5.91 Å². The molecular weight excluding hydrogens is 408 g/mol. The van der Waals surface area contributed by atoms with E-state index in [1.165, 1.54) is 4.57 Å². The lowest BCUT2D eigenvalue weighted by Gasteiger charge is -2.31. The molecule has 1 aliphatic rings. The highest BCUT2D eigenvalue weighted by Crippen LogP contribution is 2.25. The molecule has 0 spiro atoms. The fourth-order valence-electron chi connectivity index (χ4n) is 4.04. The van der Waals surface area contributed by atoms with Crippen LogP contribution in [-0.4, -0.2) is 52.2 Å². The quantitative estimate of drug-likeness (QED) is 0.667. The lowest BCUT2D eigenvalue weighted by molar-refractivity contribution is -0.122. The molecule has 0 bridgehead atoms. The number of carbonyl (C=O) groups is 2. The highest BCUT2D eigenvalue weighted by molar-refractivity contribution is 5.93. The lowest BCUT2D eigenvalue weighted by Crippen LogP contribution is -2.47. The van der Waals surface area contributed by atoms with Gasteiger partial charge >= 0.3 is 11.8 Å². The van der Waals surface area contributed by atoms with Crippen LogP contribution in [0.1, 0.15) is 19.8 Å². The van der Waals surface area contributed by atoms with E-state index in [9.17, 15) is 14.4 Å². The number of hydrogen-bond acceptors (Lipinski definition) is 5. The number of para-hydroxylation sites is 1. The first-order valence-electron chi connectivity index (χ1n) is 10.8. The van der Waals surface area contributed by atoms with Crippen molar-refractivity contribution in [2.24, 2.45) is 0 Å². The van der Waals surface area contributed by atoms with Gasteiger partial charge in [-0.05, 0) is 25.8 Å². The predicted octanol–water partition coefficient (Wildman–Crippen LogP) is 2.80. The Labute approximate surface area is 185 Å². The van der Waals surface area contributed by atoms with Gasteiger partial charge in [0.1, 0.15) is 6.54 Å². The molecule has 0 aliphatic carbocycles. The zero-order valence-corrected chi connectivity index (χ0v) is 18.0. The van der Waals surface area contributed by atoms with Crippen LogP contribution in [0.4, 0.5) is 4.79 Å². The standard InChI is InChI=1S/C24H26N4O4/c1-2-32-24(31)27-14-12-18(13-15-27)25-21(29)16-28-20-11-7-6-10-19(20)22(26-23(28)30)17-8-4-3-5-9-17/h3-11,18H,2,12-16H2,1H3,(H,25,29). The third kappa shape index (κ3) is 4.64. The Balaban J connectivity index is 1.49. The number of benzene rings is 2. The van der Waals surface area contributed by atoms with Crippen LogP contribution >= 0.6 is 0 Å². The molecule has 0 saturated carbocycles. The number of rotatable bonds is 5. The molecule has 8 heteroatoms. The van der Waals surface area contributed by atoms with Crippen molar-refractivity contribution < 1.29 is 14.3 Å². The average molecular weight is 434 g/mol. The number of fused-ring (bicyclic) bond motifs is 1. The number of amides is 2. The topological polar surface area (TPSA) is 93.5 Å². The summed E-state index contributed by atoms with van der Waals surface area (Å²) in [4.78, 5) is 43.4. The second kappa shape index (κ2) is 9.64. The Kier molecular flexibility index (Phi) is 6.49. The molecule has 1 saturated heterocycles. The summed E-state index contributed by atoms with van der Waals surface area (Å²) in [7, 11) is 0. The van der Waals surface area contributed by atoms with Gasteiger partial charge in [-0.2, -0.15) is 4.98 Å². The van der Waals surface area contributed by atoms with E-state index in [1.807, 2.05) is 54.6 Å². The average Bonchev–Trinajstić information content (AvgIpc) is 2.82. The van der Waals surface area contributed by atoms with Gasteiger partial charge in [-0.1, -0.05) is 48.5 Å². The van der Waals surface area contributed by atoms with E-state index in [1.54, 1.807) is 11.8 Å². The maximum atomic E-state index is 12.8. The molecule has 1 fully saturated rings. The van der Waals surface area contributed by atoms with E-state index in [-0.39, 0.29) is 24.6 Å². The molecule has 2 amide bonds. The smallest absolute Gasteiger partial charge is 0.409 e. The largest absolute Gasteiger partial charge is 0.450 e. The highest BCUT2D eigenvalue weighted by atomic mass is 16.6. The molecule has 8 nitrogen and oxygen atoms in total. The number of nitrogens with zero attached hydrogens (tertiary/aromatic N) is 3. The summed E-state index contributed by atoms with van der Waals surface area (Å²) in [5.74, 6) is -0.249. The Morgan fingerprint density at radius 1 is 1.06 bits per heavy atom. The first-order chi connectivity index (χ1) is 15.6. The Morgan fingerprint density at radius 2 is 1.75 bits per heavy atom. The van der Waals surface area contributed by atoms with E-state index in [0.717, 1.165) is 10.9 Å². The molecule has 0 radical (unpaired) electrons. The van der Waals surface area contributed by atoms with Gasteiger partial charge in [0.25, 0.3) is 0 Å². The summed E-state index contributed by atoms with van der Waals surface area (Å²) in [5, 5.41) is 3.81. The van der Waals surface area contributed by atoms with Gasteiger partial charge in [-0.3, -0.25) is 9.36 Å². The van der Waals surface area contributed by atoms with Crippen LogP contribution in [0.25, 0.3) is 22.2 Å². The van der Waals surface area contributed by atoms with Crippen molar-refractivity contribution >= 4 is 22.9 Å². The first kappa shape index (κ1) is 21.5. The molecule has 1 aromatic heterocycles. The number of hydrogen-bond donors (Lipinski definition) is 1. The molecule has 0 unspecified atom stereocenters. The SMILES string of the molecule is CCOC(=O)N1CCC(NC(=O)Cn2c(=O)nc(-c3ccccc3)c3ccccc32)CC1. The third-order valence-corrected chi connectivity index (χ3v) is 5.62. The van der Waals surface area contributed by atoms with Crippen molar-refractivity contribution in [1.82, 2.24) is 19.8 Å². The van der Waals surface area contributed by atoms with E-state index in [4.69, 9.17) is 4.74 Å². The second-order valence-electron chi connectivity index (χ2n) is 7.74. The van der Waals surface area contributed by atoms with Crippen molar-refractivity contribution in [3.05, 3.63) is 65.1 Å². The molecule has 1 aliphatic heterocycles. The third-order valence-electron chi connectivity index (χ3n) is 5.62. The van der Waals surface area contributed by atoms with Gasteiger partial charge in [-0.25, -0.2) is 9.59 Å². The number of ether oxygens (including phenoxy) is 1. The second-order valence-corrected chi connectivity index (χ2v) is 7.74. The lowest BCUT2D eigenvalue weighted by atomic mass is 10.1. The minimum Gasteiger partial charge on any atom is -0.450 e. The molecule has 4 rings (SSSR count). The van der Waals surface area contributed by atoms with Crippen molar-refractivity contribution in [2.75, 3.05) is 19.7 Å². The van der Waals surface area contributed by atoms with Crippen LogP contribution in [0.5, 0.6) is 0 Å². The fourth-order valence-corrected chi connectivity index (χ4v) is 4.04. The van der Waals surface area contributed by atoms with Crippen molar-refractivity contribution in [2.45, 2.75) is 32.4 Å². The Hall–Kier alpha value is -3.68. The van der Waals surface area contributed by atoms with E-state index in [2.05, 4.69) is 10.3 Å². The van der Waals surface area contributed by atoms with Crippen LogP contribution in [0.3, 0.4) is 0 Å². The zero-order valence-electron chi connectivity index (χ0n) is 18.0. The van der Waals surface area contributed by atoms with Crippen LogP contribution in [0.15, 0.2) is 59.4 Å². The summed E-state index contributed by atoms with van der Waals surface area (Å²) in [5.41, 5.74) is 1.66. The zero-order chi connectivity index (χ0) is 22.5. The normalized spacial score (nSPS) is 14.3. The van der Waals surface area contributed by atoms with Crippen molar-refractivity contribution in [3.8, 4) is 11.3 Å². The fraction of sp³-hybridized carbons (Fsp3) is 0.333. The van der Waals surface area contributed by atoms with Gasteiger partial charge in [0.15, 0.2) is 0 Å².